The summed E-state index contributed by atoms with van der Waals surface area (Å²) in [7, 11) is 0. The summed E-state index contributed by atoms with van der Waals surface area (Å²) in [4.78, 5) is 0. The number of hydrogen-bond acceptors (Lipinski definition) is 1. The van der Waals surface area contributed by atoms with Gasteiger partial charge in [0.1, 0.15) is 5.82 Å². The van der Waals surface area contributed by atoms with Crippen LogP contribution in [0.25, 0.3) is 0 Å². The Morgan fingerprint density at radius 1 is 1.10 bits per heavy atom. The number of hydrogen-bond donors (Lipinski definition) is 1. The first-order valence-electron chi connectivity index (χ1n) is 7.15. The fraction of sp³-hybridized carbons (Fsp3) is 0.333. The third-order valence-electron chi connectivity index (χ3n) is 3.63. The Labute approximate surface area is 120 Å². The van der Waals surface area contributed by atoms with Crippen molar-refractivity contribution in [1.29, 1.82) is 0 Å². The number of nitrogens with one attached hydrogen (secondary N) is 1. The standard InChI is InChI=1S/C18H22FN/c1-4-20-18(15-7-5-6-13(2)10-15)12-16-11-17(19)9-8-14(16)3/h5-11,18,20H,4,12H2,1-3H3. The number of rotatable bonds is 5. The normalized spacial score (nSPS) is 12.4. The van der Waals surface area contributed by atoms with E-state index in [2.05, 4.69) is 43.4 Å². The molecule has 0 bridgehead atoms. The molecule has 2 heteroatoms. The molecule has 0 radical (unpaired) electrons. The van der Waals surface area contributed by atoms with E-state index in [1.54, 1.807) is 6.07 Å². The first-order valence-corrected chi connectivity index (χ1v) is 7.15. The van der Waals surface area contributed by atoms with Crippen molar-refractivity contribution >= 4 is 0 Å². The lowest BCUT2D eigenvalue weighted by Gasteiger charge is -2.20. The van der Waals surface area contributed by atoms with Gasteiger partial charge in [0.15, 0.2) is 0 Å². The second kappa shape index (κ2) is 6.67. The Hall–Kier alpha value is -1.67. The molecule has 0 heterocycles. The first kappa shape index (κ1) is 14.7. The average molecular weight is 271 g/mol. The number of halogens is 1. The third kappa shape index (κ3) is 3.67. The fourth-order valence-corrected chi connectivity index (χ4v) is 2.52. The highest BCUT2D eigenvalue weighted by molar-refractivity contribution is 5.31. The molecule has 0 aromatic heterocycles. The van der Waals surface area contributed by atoms with Gasteiger partial charge in [0, 0.05) is 6.04 Å². The Balaban J connectivity index is 2.27. The Bertz CT molecular complexity index is 577. The van der Waals surface area contributed by atoms with Gasteiger partial charge in [-0.3, -0.25) is 0 Å². The summed E-state index contributed by atoms with van der Waals surface area (Å²) in [6.07, 6.45) is 0.806. The summed E-state index contributed by atoms with van der Waals surface area (Å²) in [6, 6.07) is 13.7. The third-order valence-corrected chi connectivity index (χ3v) is 3.63. The summed E-state index contributed by atoms with van der Waals surface area (Å²) in [5.41, 5.74) is 4.72. The molecule has 1 nitrogen and oxygen atoms in total. The first-order chi connectivity index (χ1) is 9.60. The molecule has 0 fully saturated rings. The lowest BCUT2D eigenvalue weighted by molar-refractivity contribution is 0.545. The van der Waals surface area contributed by atoms with Crippen LogP contribution in [0.15, 0.2) is 42.5 Å². The van der Waals surface area contributed by atoms with Crippen molar-refractivity contribution in [3.8, 4) is 0 Å². The predicted octanol–water partition coefficient (Wildman–Crippen LogP) is 4.34. The minimum atomic E-state index is -0.162. The molecule has 1 unspecified atom stereocenters. The molecule has 0 spiro atoms. The second-order valence-corrected chi connectivity index (χ2v) is 5.30. The summed E-state index contributed by atoms with van der Waals surface area (Å²) >= 11 is 0. The van der Waals surface area contributed by atoms with Crippen molar-refractivity contribution in [2.24, 2.45) is 0 Å². The molecule has 106 valence electrons. The topological polar surface area (TPSA) is 12.0 Å². The number of aryl methyl sites for hydroxylation is 2. The zero-order chi connectivity index (χ0) is 14.5. The summed E-state index contributed by atoms with van der Waals surface area (Å²) < 4.78 is 13.4. The summed E-state index contributed by atoms with van der Waals surface area (Å²) in [6.45, 7) is 7.13. The van der Waals surface area contributed by atoms with E-state index in [0.29, 0.717) is 0 Å². The smallest absolute Gasteiger partial charge is 0.123 e. The van der Waals surface area contributed by atoms with Crippen LogP contribution in [-0.2, 0) is 6.42 Å². The van der Waals surface area contributed by atoms with E-state index in [1.165, 1.54) is 17.2 Å². The maximum Gasteiger partial charge on any atom is 0.123 e. The number of likely N-dealkylation sites (N-methyl/N-ethyl adjacent to an activating group) is 1. The van der Waals surface area contributed by atoms with Crippen molar-refractivity contribution in [1.82, 2.24) is 5.32 Å². The highest BCUT2D eigenvalue weighted by Crippen LogP contribution is 2.22. The lowest BCUT2D eigenvalue weighted by atomic mass is 9.95. The minimum absolute atomic E-state index is 0.162. The van der Waals surface area contributed by atoms with E-state index in [-0.39, 0.29) is 11.9 Å². The summed E-state index contributed by atoms with van der Waals surface area (Å²) in [5.74, 6) is -0.162. The van der Waals surface area contributed by atoms with Gasteiger partial charge in [-0.1, -0.05) is 42.8 Å². The largest absolute Gasteiger partial charge is 0.310 e. The SMILES string of the molecule is CCNC(Cc1cc(F)ccc1C)c1cccc(C)c1. The van der Waals surface area contributed by atoms with E-state index in [4.69, 9.17) is 0 Å². The zero-order valence-corrected chi connectivity index (χ0v) is 12.4. The molecule has 2 aromatic rings. The molecule has 1 atom stereocenters. The monoisotopic (exact) mass is 271 g/mol. The van der Waals surface area contributed by atoms with Gasteiger partial charge in [-0.2, -0.15) is 0 Å². The minimum Gasteiger partial charge on any atom is -0.310 e. The van der Waals surface area contributed by atoms with Gasteiger partial charge in [0.25, 0.3) is 0 Å². The fourth-order valence-electron chi connectivity index (χ4n) is 2.52. The van der Waals surface area contributed by atoms with Crippen LogP contribution in [0, 0.1) is 19.7 Å². The molecule has 0 saturated heterocycles. The van der Waals surface area contributed by atoms with Crippen molar-refractivity contribution in [3.63, 3.8) is 0 Å². The van der Waals surface area contributed by atoms with Crippen LogP contribution in [0.3, 0.4) is 0 Å². The molecule has 0 amide bonds. The maximum atomic E-state index is 13.4. The average Bonchev–Trinajstić information content (AvgIpc) is 2.42. The van der Waals surface area contributed by atoms with Gasteiger partial charge >= 0.3 is 0 Å². The molecule has 20 heavy (non-hydrogen) atoms. The summed E-state index contributed by atoms with van der Waals surface area (Å²) in [5, 5.41) is 3.50. The predicted molar refractivity (Wildman–Crippen MR) is 82.4 cm³/mol. The molecule has 0 aliphatic rings. The second-order valence-electron chi connectivity index (χ2n) is 5.30. The highest BCUT2D eigenvalue weighted by Gasteiger charge is 2.13. The van der Waals surface area contributed by atoms with Crippen molar-refractivity contribution < 1.29 is 4.39 Å². The van der Waals surface area contributed by atoms with E-state index in [0.717, 1.165) is 24.1 Å². The molecule has 2 rings (SSSR count). The van der Waals surface area contributed by atoms with Crippen LogP contribution in [0.2, 0.25) is 0 Å². The highest BCUT2D eigenvalue weighted by atomic mass is 19.1. The van der Waals surface area contributed by atoms with Gasteiger partial charge in [0.2, 0.25) is 0 Å². The van der Waals surface area contributed by atoms with Gasteiger partial charge in [0.05, 0.1) is 0 Å². The van der Waals surface area contributed by atoms with E-state index in [9.17, 15) is 4.39 Å². The van der Waals surface area contributed by atoms with Crippen LogP contribution in [-0.4, -0.2) is 6.54 Å². The zero-order valence-electron chi connectivity index (χ0n) is 12.4. The van der Waals surface area contributed by atoms with Gasteiger partial charge in [-0.05, 0) is 55.6 Å². The van der Waals surface area contributed by atoms with E-state index in [1.807, 2.05) is 13.0 Å². The van der Waals surface area contributed by atoms with Crippen molar-refractivity contribution in [2.45, 2.75) is 33.2 Å². The lowest BCUT2D eigenvalue weighted by Crippen LogP contribution is -2.23. The van der Waals surface area contributed by atoms with Crippen molar-refractivity contribution in [3.05, 3.63) is 70.5 Å². The Morgan fingerprint density at radius 3 is 2.60 bits per heavy atom. The maximum absolute atomic E-state index is 13.4. The molecule has 1 N–H and O–H groups in total. The molecule has 0 aliphatic carbocycles. The van der Waals surface area contributed by atoms with Crippen molar-refractivity contribution in [2.75, 3.05) is 6.54 Å². The molecule has 0 aliphatic heterocycles. The molecular weight excluding hydrogens is 249 g/mol. The van der Waals surface area contributed by atoms with E-state index >= 15 is 0 Å². The molecule has 2 aromatic carbocycles. The van der Waals surface area contributed by atoms with Gasteiger partial charge in [-0.15, -0.1) is 0 Å². The van der Waals surface area contributed by atoms with Gasteiger partial charge < -0.3 is 5.32 Å². The quantitative estimate of drug-likeness (QED) is 0.853. The molecule has 0 saturated carbocycles. The Morgan fingerprint density at radius 2 is 1.90 bits per heavy atom. The molecular formula is C18H22FN. The van der Waals surface area contributed by atoms with Crippen LogP contribution in [0.4, 0.5) is 4.39 Å². The van der Waals surface area contributed by atoms with Crippen LogP contribution in [0.1, 0.15) is 35.2 Å². The number of benzene rings is 2. The van der Waals surface area contributed by atoms with Crippen LogP contribution < -0.4 is 5.32 Å². The van der Waals surface area contributed by atoms with Gasteiger partial charge in [-0.25, -0.2) is 4.39 Å². The van der Waals surface area contributed by atoms with Crippen LogP contribution in [0.5, 0.6) is 0 Å². The Kier molecular flexibility index (Phi) is 4.91. The van der Waals surface area contributed by atoms with Crippen LogP contribution >= 0.6 is 0 Å². The van der Waals surface area contributed by atoms with E-state index < -0.39 is 0 Å².